The Hall–Kier alpha value is -2.37. The summed E-state index contributed by atoms with van der Waals surface area (Å²) in [6, 6.07) is 3.45. The van der Waals surface area contributed by atoms with Crippen LogP contribution in [-0.4, -0.2) is 34.6 Å². The summed E-state index contributed by atoms with van der Waals surface area (Å²) >= 11 is 0. The van der Waals surface area contributed by atoms with Crippen molar-refractivity contribution in [3.05, 3.63) is 41.4 Å². The Labute approximate surface area is 110 Å². The highest BCUT2D eigenvalue weighted by Crippen LogP contribution is 2.22. The molecule has 6 nitrogen and oxygen atoms in total. The molecule has 0 aliphatic carbocycles. The number of nitrogens with zero attached hydrogens (tertiary/aromatic N) is 3. The molecule has 0 N–H and O–H groups in total. The largest absolute Gasteiger partial charge is 0.480 e. The number of carbonyl (C=O) groups excluding carboxylic acids is 1. The van der Waals surface area contributed by atoms with Crippen molar-refractivity contribution in [3.8, 4) is 5.88 Å². The normalized spacial score (nSPS) is 14.1. The van der Waals surface area contributed by atoms with Crippen molar-refractivity contribution in [2.75, 3.05) is 13.7 Å². The Morgan fingerprint density at radius 3 is 3.26 bits per heavy atom. The highest BCUT2D eigenvalue weighted by molar-refractivity contribution is 5.96. The molecule has 1 aliphatic heterocycles. The van der Waals surface area contributed by atoms with Gasteiger partial charge in [-0.15, -0.1) is 0 Å². The van der Waals surface area contributed by atoms with E-state index >= 15 is 0 Å². The van der Waals surface area contributed by atoms with Gasteiger partial charge in [0.15, 0.2) is 0 Å². The molecule has 0 bridgehead atoms. The van der Waals surface area contributed by atoms with Crippen LogP contribution in [0.15, 0.2) is 29.0 Å². The monoisotopic (exact) mass is 259 g/mol. The molecule has 1 aliphatic rings. The maximum Gasteiger partial charge on any atom is 0.259 e. The molecule has 0 atom stereocenters. The Balaban J connectivity index is 1.85. The zero-order chi connectivity index (χ0) is 13.2. The van der Waals surface area contributed by atoms with E-state index in [1.54, 1.807) is 29.4 Å². The first-order chi connectivity index (χ1) is 9.29. The number of pyridine rings is 1. The second kappa shape index (κ2) is 4.72. The zero-order valence-electron chi connectivity index (χ0n) is 10.5. The lowest BCUT2D eigenvalue weighted by Gasteiger charge is -2.26. The molecule has 0 aromatic carbocycles. The van der Waals surface area contributed by atoms with E-state index in [0.717, 1.165) is 11.3 Å². The number of hydrogen-bond donors (Lipinski definition) is 0. The lowest BCUT2D eigenvalue weighted by atomic mass is 10.1. The van der Waals surface area contributed by atoms with Crippen molar-refractivity contribution in [1.82, 2.24) is 15.0 Å². The van der Waals surface area contributed by atoms with Gasteiger partial charge in [-0.3, -0.25) is 4.79 Å². The Morgan fingerprint density at radius 2 is 2.42 bits per heavy atom. The first-order valence-electron chi connectivity index (χ1n) is 6.00. The molecule has 0 radical (unpaired) electrons. The number of ether oxygens (including phenoxy) is 1. The van der Waals surface area contributed by atoms with Crippen LogP contribution in [0.5, 0.6) is 5.88 Å². The topological polar surface area (TPSA) is 68.5 Å². The molecule has 6 heteroatoms. The summed E-state index contributed by atoms with van der Waals surface area (Å²) in [7, 11) is 1.51. The lowest BCUT2D eigenvalue weighted by molar-refractivity contribution is 0.0724. The third kappa shape index (κ3) is 2.05. The third-order valence-corrected chi connectivity index (χ3v) is 3.18. The second-order valence-electron chi connectivity index (χ2n) is 4.31. The van der Waals surface area contributed by atoms with Crippen LogP contribution in [0.4, 0.5) is 0 Å². The lowest BCUT2D eigenvalue weighted by Crippen LogP contribution is -2.35. The van der Waals surface area contributed by atoms with E-state index in [9.17, 15) is 4.79 Å². The van der Waals surface area contributed by atoms with Crippen LogP contribution in [-0.2, 0) is 13.0 Å². The molecular formula is C13H13N3O3. The van der Waals surface area contributed by atoms with Gasteiger partial charge in [0.1, 0.15) is 11.3 Å². The van der Waals surface area contributed by atoms with Crippen molar-refractivity contribution in [3.63, 3.8) is 0 Å². The van der Waals surface area contributed by atoms with Gasteiger partial charge in [0.2, 0.25) is 5.88 Å². The van der Waals surface area contributed by atoms with Crippen LogP contribution in [0.2, 0.25) is 0 Å². The third-order valence-electron chi connectivity index (χ3n) is 3.18. The van der Waals surface area contributed by atoms with Crippen LogP contribution in [0.1, 0.15) is 21.7 Å². The van der Waals surface area contributed by atoms with E-state index in [1.165, 1.54) is 7.11 Å². The molecule has 0 fully saturated rings. The summed E-state index contributed by atoms with van der Waals surface area (Å²) in [5.41, 5.74) is 1.44. The van der Waals surface area contributed by atoms with Gasteiger partial charge in [-0.1, -0.05) is 5.16 Å². The van der Waals surface area contributed by atoms with Gasteiger partial charge in [-0.2, -0.15) is 0 Å². The van der Waals surface area contributed by atoms with Crippen molar-refractivity contribution in [2.45, 2.75) is 13.0 Å². The minimum Gasteiger partial charge on any atom is -0.480 e. The fourth-order valence-corrected chi connectivity index (χ4v) is 2.20. The smallest absolute Gasteiger partial charge is 0.259 e. The Morgan fingerprint density at radius 1 is 1.53 bits per heavy atom. The Kier molecular flexibility index (Phi) is 2.91. The van der Waals surface area contributed by atoms with Crippen molar-refractivity contribution in [1.29, 1.82) is 0 Å². The number of fused-ring (bicyclic) bond motifs is 1. The number of hydrogen-bond acceptors (Lipinski definition) is 5. The molecular weight excluding hydrogens is 246 g/mol. The maximum atomic E-state index is 12.5. The van der Waals surface area contributed by atoms with Gasteiger partial charge in [0.25, 0.3) is 5.91 Å². The van der Waals surface area contributed by atoms with Crippen molar-refractivity contribution >= 4 is 5.91 Å². The molecule has 2 aromatic rings. The Bertz CT molecular complexity index is 609. The molecule has 3 rings (SSSR count). The first kappa shape index (κ1) is 11.7. The summed E-state index contributed by atoms with van der Waals surface area (Å²) in [5.74, 6) is 1.13. The summed E-state index contributed by atoms with van der Waals surface area (Å²) in [4.78, 5) is 18.3. The SMILES string of the molecule is COc1ncccc1C(=O)N1CCc2oncc2C1. The number of aromatic nitrogens is 2. The average Bonchev–Trinajstić information content (AvgIpc) is 2.93. The number of amides is 1. The van der Waals surface area contributed by atoms with E-state index in [-0.39, 0.29) is 5.91 Å². The van der Waals surface area contributed by atoms with Gasteiger partial charge in [0.05, 0.1) is 19.9 Å². The molecule has 1 amide bonds. The van der Waals surface area contributed by atoms with Crippen molar-refractivity contribution in [2.24, 2.45) is 0 Å². The molecule has 3 heterocycles. The highest BCUT2D eigenvalue weighted by Gasteiger charge is 2.26. The molecule has 19 heavy (non-hydrogen) atoms. The minimum atomic E-state index is -0.0863. The second-order valence-corrected chi connectivity index (χ2v) is 4.31. The van der Waals surface area contributed by atoms with Crippen LogP contribution < -0.4 is 4.74 Å². The fourth-order valence-electron chi connectivity index (χ4n) is 2.20. The van der Waals surface area contributed by atoms with Crippen LogP contribution in [0.3, 0.4) is 0 Å². The predicted molar refractivity (Wildman–Crippen MR) is 65.7 cm³/mol. The maximum absolute atomic E-state index is 12.5. The van der Waals surface area contributed by atoms with Crippen LogP contribution in [0.25, 0.3) is 0 Å². The van der Waals surface area contributed by atoms with E-state index < -0.39 is 0 Å². The number of carbonyl (C=O) groups is 1. The van der Waals surface area contributed by atoms with Crippen molar-refractivity contribution < 1.29 is 14.1 Å². The van der Waals surface area contributed by atoms with Crippen LogP contribution in [0, 0.1) is 0 Å². The standard InChI is InChI=1S/C13H13N3O3/c1-18-12-10(3-2-5-14-12)13(17)16-6-4-11-9(8-16)7-15-19-11/h2-3,5,7H,4,6,8H2,1H3. The van der Waals surface area contributed by atoms with E-state index in [4.69, 9.17) is 9.26 Å². The van der Waals surface area contributed by atoms with Gasteiger partial charge in [-0.25, -0.2) is 4.98 Å². The van der Waals surface area contributed by atoms with Gasteiger partial charge >= 0.3 is 0 Å². The zero-order valence-corrected chi connectivity index (χ0v) is 10.5. The summed E-state index contributed by atoms with van der Waals surface area (Å²) in [6.45, 7) is 1.12. The van der Waals surface area contributed by atoms with Gasteiger partial charge in [0, 0.05) is 24.7 Å². The first-order valence-corrected chi connectivity index (χ1v) is 6.00. The minimum absolute atomic E-state index is 0.0863. The van der Waals surface area contributed by atoms with E-state index in [2.05, 4.69) is 10.1 Å². The number of methoxy groups -OCH3 is 1. The van der Waals surface area contributed by atoms with E-state index in [1.807, 2.05) is 0 Å². The number of rotatable bonds is 2. The fraction of sp³-hybridized carbons (Fsp3) is 0.308. The average molecular weight is 259 g/mol. The molecule has 98 valence electrons. The summed E-state index contributed by atoms with van der Waals surface area (Å²) < 4.78 is 10.2. The predicted octanol–water partition coefficient (Wildman–Crippen LogP) is 1.28. The summed E-state index contributed by atoms with van der Waals surface area (Å²) in [6.07, 6.45) is 3.95. The van der Waals surface area contributed by atoms with Gasteiger partial charge in [-0.05, 0) is 12.1 Å². The molecule has 0 saturated heterocycles. The molecule has 0 spiro atoms. The summed E-state index contributed by atoms with van der Waals surface area (Å²) in [5, 5.41) is 3.75. The quantitative estimate of drug-likeness (QED) is 0.812. The van der Waals surface area contributed by atoms with E-state index in [0.29, 0.717) is 31.0 Å². The molecule has 2 aromatic heterocycles. The van der Waals surface area contributed by atoms with Crippen LogP contribution >= 0.6 is 0 Å². The van der Waals surface area contributed by atoms with Gasteiger partial charge < -0.3 is 14.2 Å². The highest BCUT2D eigenvalue weighted by atomic mass is 16.5. The molecule has 0 saturated carbocycles. The molecule has 0 unspecified atom stereocenters.